The van der Waals surface area contributed by atoms with Crippen molar-refractivity contribution in [2.45, 2.75) is 45.1 Å². The van der Waals surface area contributed by atoms with Crippen molar-refractivity contribution in [2.75, 3.05) is 12.3 Å². The first kappa shape index (κ1) is 15.5. The zero-order valence-electron chi connectivity index (χ0n) is 13.2. The molecule has 0 aromatic heterocycles. The van der Waals surface area contributed by atoms with Gasteiger partial charge in [0.05, 0.1) is 11.8 Å². The summed E-state index contributed by atoms with van der Waals surface area (Å²) < 4.78 is 27.3. The van der Waals surface area contributed by atoms with E-state index in [4.69, 9.17) is 5.26 Å². The van der Waals surface area contributed by atoms with Gasteiger partial charge in [-0.1, -0.05) is 38.1 Å². The summed E-state index contributed by atoms with van der Waals surface area (Å²) in [5.41, 5.74) is 1.99. The van der Waals surface area contributed by atoms with Crippen LogP contribution in [-0.2, 0) is 22.0 Å². The van der Waals surface area contributed by atoms with Gasteiger partial charge in [0.25, 0.3) is 0 Å². The molecule has 0 unspecified atom stereocenters. The van der Waals surface area contributed by atoms with Crippen molar-refractivity contribution in [3.63, 3.8) is 0 Å². The molecule has 1 aromatic carbocycles. The van der Waals surface area contributed by atoms with Gasteiger partial charge in [-0.15, -0.1) is 0 Å². The zero-order chi connectivity index (χ0) is 16.0. The summed E-state index contributed by atoms with van der Waals surface area (Å²) in [6.07, 6.45) is 2.39. The van der Waals surface area contributed by atoms with Crippen molar-refractivity contribution in [3.8, 4) is 6.07 Å². The Morgan fingerprint density at radius 2 is 2.00 bits per heavy atom. The van der Waals surface area contributed by atoms with Gasteiger partial charge in [0.1, 0.15) is 0 Å². The van der Waals surface area contributed by atoms with Gasteiger partial charge >= 0.3 is 0 Å². The van der Waals surface area contributed by atoms with Crippen molar-refractivity contribution < 1.29 is 8.42 Å². The highest BCUT2D eigenvalue weighted by Crippen LogP contribution is 2.52. The molecule has 4 nitrogen and oxygen atoms in total. The molecule has 1 aliphatic carbocycles. The molecule has 118 valence electrons. The first-order chi connectivity index (χ1) is 10.3. The Hall–Kier alpha value is -1.38. The Kier molecular flexibility index (Phi) is 3.58. The molecule has 3 rings (SSSR count). The van der Waals surface area contributed by atoms with Gasteiger partial charge < -0.3 is 0 Å². The fourth-order valence-corrected chi connectivity index (χ4v) is 5.52. The third kappa shape index (κ3) is 2.78. The second kappa shape index (κ2) is 5.07. The summed E-state index contributed by atoms with van der Waals surface area (Å²) in [6.45, 7) is 4.75. The molecule has 0 N–H and O–H groups in total. The second-order valence-electron chi connectivity index (χ2n) is 7.46. The zero-order valence-corrected chi connectivity index (χ0v) is 14.0. The molecular formula is C17H22N2O2S. The molecule has 0 radical (unpaired) electrons. The van der Waals surface area contributed by atoms with Crippen LogP contribution in [-0.4, -0.2) is 25.0 Å². The molecule has 1 aromatic rings. The highest BCUT2D eigenvalue weighted by Gasteiger charge is 2.51. The predicted octanol–water partition coefficient (Wildman–Crippen LogP) is 2.80. The van der Waals surface area contributed by atoms with Crippen molar-refractivity contribution in [1.29, 1.82) is 5.26 Å². The van der Waals surface area contributed by atoms with E-state index in [-0.39, 0.29) is 17.6 Å². The van der Waals surface area contributed by atoms with E-state index in [9.17, 15) is 8.42 Å². The number of fused-ring (bicyclic) bond motifs is 2. The molecule has 1 fully saturated rings. The summed E-state index contributed by atoms with van der Waals surface area (Å²) >= 11 is 0. The third-order valence-corrected chi connectivity index (χ3v) is 6.98. The first-order valence-electron chi connectivity index (χ1n) is 7.71. The SMILES string of the molecule is CC(C)(CC#N)CS(=O)(=O)N1Cc2ccccc2C2(CC2)C1. The normalized spacial score (nSPS) is 20.4. The summed E-state index contributed by atoms with van der Waals surface area (Å²) in [5.74, 6) is 0.0335. The lowest BCUT2D eigenvalue weighted by molar-refractivity contribution is 0.330. The van der Waals surface area contributed by atoms with Crippen LogP contribution in [0.4, 0.5) is 0 Å². The van der Waals surface area contributed by atoms with Gasteiger partial charge in [-0.2, -0.15) is 9.57 Å². The van der Waals surface area contributed by atoms with Gasteiger partial charge in [0.15, 0.2) is 0 Å². The fourth-order valence-electron chi connectivity index (χ4n) is 3.47. The quantitative estimate of drug-likeness (QED) is 0.857. The standard InChI is InChI=1S/C17H22N2O2S/c1-16(2,9-10-18)13-22(20,21)19-11-14-5-3-4-6-15(14)17(12-19)7-8-17/h3-6H,7-9,11-13H2,1-2H3. The summed E-state index contributed by atoms with van der Waals surface area (Å²) in [6, 6.07) is 10.3. The highest BCUT2D eigenvalue weighted by molar-refractivity contribution is 7.89. The molecule has 5 heteroatoms. The lowest BCUT2D eigenvalue weighted by Gasteiger charge is -2.36. The average molecular weight is 318 g/mol. The molecule has 0 saturated heterocycles. The minimum Gasteiger partial charge on any atom is -0.212 e. The van der Waals surface area contributed by atoms with E-state index in [1.54, 1.807) is 4.31 Å². The number of benzene rings is 1. The minimum atomic E-state index is -3.35. The predicted molar refractivity (Wildman–Crippen MR) is 85.6 cm³/mol. The van der Waals surface area contributed by atoms with Crippen LogP contribution in [0.5, 0.6) is 0 Å². The molecule has 2 aliphatic rings. The molecule has 0 atom stereocenters. The van der Waals surface area contributed by atoms with Crippen LogP contribution < -0.4 is 0 Å². The van der Waals surface area contributed by atoms with Crippen molar-refractivity contribution >= 4 is 10.0 Å². The first-order valence-corrected chi connectivity index (χ1v) is 9.32. The van der Waals surface area contributed by atoms with E-state index in [0.29, 0.717) is 13.1 Å². The highest BCUT2D eigenvalue weighted by atomic mass is 32.2. The third-order valence-electron chi connectivity index (χ3n) is 4.79. The van der Waals surface area contributed by atoms with E-state index < -0.39 is 15.4 Å². The molecule has 22 heavy (non-hydrogen) atoms. The van der Waals surface area contributed by atoms with Crippen LogP contribution in [0.2, 0.25) is 0 Å². The van der Waals surface area contributed by atoms with Crippen LogP contribution in [0.15, 0.2) is 24.3 Å². The lowest BCUT2D eigenvalue weighted by Crippen LogP contribution is -2.44. The van der Waals surface area contributed by atoms with Gasteiger partial charge in [-0.3, -0.25) is 0 Å². The van der Waals surface area contributed by atoms with Crippen molar-refractivity contribution in [3.05, 3.63) is 35.4 Å². The second-order valence-corrected chi connectivity index (χ2v) is 9.43. The van der Waals surface area contributed by atoms with E-state index in [1.165, 1.54) is 5.56 Å². The van der Waals surface area contributed by atoms with Gasteiger partial charge in [0.2, 0.25) is 10.0 Å². The number of hydrogen-bond acceptors (Lipinski definition) is 3. The van der Waals surface area contributed by atoms with Crippen LogP contribution in [0.25, 0.3) is 0 Å². The minimum absolute atomic E-state index is 0.0335. The topological polar surface area (TPSA) is 61.2 Å². The summed E-state index contributed by atoms with van der Waals surface area (Å²) in [7, 11) is -3.35. The van der Waals surface area contributed by atoms with Gasteiger partial charge in [0, 0.05) is 24.9 Å². The molecule has 1 heterocycles. The number of sulfonamides is 1. The van der Waals surface area contributed by atoms with E-state index in [1.807, 2.05) is 32.0 Å². The van der Waals surface area contributed by atoms with E-state index in [0.717, 1.165) is 18.4 Å². The summed E-state index contributed by atoms with van der Waals surface area (Å²) in [4.78, 5) is 0. The van der Waals surface area contributed by atoms with Crippen molar-refractivity contribution in [1.82, 2.24) is 4.31 Å². The van der Waals surface area contributed by atoms with Crippen LogP contribution in [0.1, 0.15) is 44.2 Å². The fraction of sp³-hybridized carbons (Fsp3) is 0.588. The molecule has 0 amide bonds. The lowest BCUT2D eigenvalue weighted by atomic mass is 9.88. The Morgan fingerprint density at radius 1 is 1.32 bits per heavy atom. The summed E-state index contributed by atoms with van der Waals surface area (Å²) in [5, 5.41) is 8.87. The van der Waals surface area contributed by atoms with Gasteiger partial charge in [-0.05, 0) is 29.4 Å². The van der Waals surface area contributed by atoms with Crippen LogP contribution in [0, 0.1) is 16.7 Å². The molecule has 1 spiro atoms. The van der Waals surface area contributed by atoms with Crippen LogP contribution >= 0.6 is 0 Å². The number of nitriles is 1. The Balaban J connectivity index is 1.87. The maximum atomic E-state index is 12.8. The maximum absolute atomic E-state index is 12.8. The van der Waals surface area contributed by atoms with Crippen molar-refractivity contribution in [2.24, 2.45) is 5.41 Å². The Morgan fingerprint density at radius 3 is 2.64 bits per heavy atom. The molecule has 0 bridgehead atoms. The largest absolute Gasteiger partial charge is 0.214 e. The molecule has 1 saturated carbocycles. The van der Waals surface area contributed by atoms with E-state index >= 15 is 0 Å². The van der Waals surface area contributed by atoms with Gasteiger partial charge in [-0.25, -0.2) is 8.42 Å². The number of hydrogen-bond donors (Lipinski definition) is 0. The smallest absolute Gasteiger partial charge is 0.212 e. The monoisotopic (exact) mass is 318 g/mol. The number of nitrogens with zero attached hydrogens (tertiary/aromatic N) is 2. The molecular weight excluding hydrogens is 296 g/mol. The number of rotatable bonds is 4. The Bertz CT molecular complexity index is 727. The van der Waals surface area contributed by atoms with Crippen LogP contribution in [0.3, 0.4) is 0 Å². The molecule has 1 aliphatic heterocycles. The maximum Gasteiger partial charge on any atom is 0.214 e. The van der Waals surface area contributed by atoms with E-state index in [2.05, 4.69) is 12.1 Å². The average Bonchev–Trinajstić information content (AvgIpc) is 3.17. The Labute approximate surface area is 132 Å².